The van der Waals surface area contributed by atoms with Gasteiger partial charge in [0.05, 0.1) is 19.4 Å². The molecule has 22 heavy (non-hydrogen) atoms. The van der Waals surface area contributed by atoms with Gasteiger partial charge in [0.1, 0.15) is 11.5 Å². The number of rotatable bonds is 8. The van der Waals surface area contributed by atoms with E-state index in [1.807, 2.05) is 24.3 Å². The minimum atomic E-state index is 0.748. The predicted octanol–water partition coefficient (Wildman–Crippen LogP) is 4.58. The number of hydrogen-bond donors (Lipinski definition) is 1. The summed E-state index contributed by atoms with van der Waals surface area (Å²) in [5, 5.41) is 3.43. The molecule has 2 aromatic rings. The van der Waals surface area contributed by atoms with Crippen molar-refractivity contribution in [2.45, 2.75) is 26.7 Å². The average Bonchev–Trinajstić information content (AvgIpc) is 2.52. The van der Waals surface area contributed by atoms with E-state index >= 15 is 0 Å². The number of anilines is 1. The van der Waals surface area contributed by atoms with Crippen LogP contribution in [0, 0.1) is 13.8 Å². The summed E-state index contributed by atoms with van der Waals surface area (Å²) in [5.41, 5.74) is 3.47. The lowest BCUT2D eigenvalue weighted by molar-refractivity contribution is 0.306. The highest BCUT2D eigenvalue weighted by Gasteiger charge is 2.02. The fourth-order valence-electron chi connectivity index (χ4n) is 2.31. The van der Waals surface area contributed by atoms with Crippen LogP contribution in [-0.2, 0) is 0 Å². The number of hydrogen-bond acceptors (Lipinski definition) is 3. The Balaban J connectivity index is 1.70. The molecule has 0 amide bonds. The van der Waals surface area contributed by atoms with Crippen molar-refractivity contribution in [1.82, 2.24) is 0 Å². The quantitative estimate of drug-likeness (QED) is 0.724. The minimum absolute atomic E-state index is 0.748. The van der Waals surface area contributed by atoms with Crippen LogP contribution in [0.25, 0.3) is 0 Å². The largest absolute Gasteiger partial charge is 0.495 e. The molecule has 0 aromatic heterocycles. The van der Waals surface area contributed by atoms with Crippen molar-refractivity contribution in [3.8, 4) is 11.5 Å². The van der Waals surface area contributed by atoms with Crippen LogP contribution < -0.4 is 14.8 Å². The van der Waals surface area contributed by atoms with Crippen molar-refractivity contribution in [3.63, 3.8) is 0 Å². The van der Waals surface area contributed by atoms with Crippen LogP contribution >= 0.6 is 0 Å². The molecule has 3 nitrogen and oxygen atoms in total. The van der Waals surface area contributed by atoms with Gasteiger partial charge in [0.25, 0.3) is 0 Å². The summed E-state index contributed by atoms with van der Waals surface area (Å²) in [6.07, 6.45) is 2.08. The first-order chi connectivity index (χ1) is 10.7. The zero-order valence-corrected chi connectivity index (χ0v) is 13.7. The molecule has 0 atom stereocenters. The Morgan fingerprint density at radius 3 is 2.55 bits per heavy atom. The lowest BCUT2D eigenvalue weighted by Gasteiger charge is -2.12. The molecule has 0 saturated heterocycles. The molecule has 0 heterocycles. The third-order valence-electron chi connectivity index (χ3n) is 3.59. The normalized spacial score (nSPS) is 10.3. The number of ether oxygens (including phenoxy) is 2. The third-order valence-corrected chi connectivity index (χ3v) is 3.59. The van der Waals surface area contributed by atoms with Gasteiger partial charge in [-0.3, -0.25) is 0 Å². The summed E-state index contributed by atoms with van der Waals surface area (Å²) >= 11 is 0. The highest BCUT2D eigenvalue weighted by Crippen LogP contribution is 2.25. The molecule has 0 radical (unpaired) electrons. The Bertz CT molecular complexity index is 596. The number of nitrogens with one attached hydrogen (secondary N) is 1. The van der Waals surface area contributed by atoms with Gasteiger partial charge in [0.2, 0.25) is 0 Å². The standard InChI is InChI=1S/C19H25NO2/c1-15-10-11-19(21-3)17(14-15)20-12-6-7-13-22-18-9-5-4-8-16(18)2/h4-5,8-11,14,20H,6-7,12-13H2,1-3H3. The van der Waals surface area contributed by atoms with Crippen molar-refractivity contribution in [3.05, 3.63) is 53.6 Å². The first-order valence-electron chi connectivity index (χ1n) is 7.77. The fraction of sp³-hybridized carbons (Fsp3) is 0.368. The van der Waals surface area contributed by atoms with Crippen LogP contribution in [0.2, 0.25) is 0 Å². The Labute approximate surface area is 133 Å². The zero-order valence-electron chi connectivity index (χ0n) is 13.7. The molecule has 0 spiro atoms. The van der Waals surface area contributed by atoms with Crippen molar-refractivity contribution in [2.75, 3.05) is 25.6 Å². The van der Waals surface area contributed by atoms with Crippen molar-refractivity contribution < 1.29 is 9.47 Å². The molecule has 0 aliphatic carbocycles. The highest BCUT2D eigenvalue weighted by atomic mass is 16.5. The molecule has 1 N–H and O–H groups in total. The number of benzene rings is 2. The first-order valence-corrected chi connectivity index (χ1v) is 7.77. The number of para-hydroxylation sites is 1. The third kappa shape index (κ3) is 4.69. The van der Waals surface area contributed by atoms with Crippen LogP contribution in [-0.4, -0.2) is 20.3 Å². The molecule has 0 bridgehead atoms. The Morgan fingerprint density at radius 1 is 0.955 bits per heavy atom. The van der Waals surface area contributed by atoms with Gasteiger partial charge in [-0.2, -0.15) is 0 Å². The minimum Gasteiger partial charge on any atom is -0.495 e. The van der Waals surface area contributed by atoms with E-state index in [-0.39, 0.29) is 0 Å². The summed E-state index contributed by atoms with van der Waals surface area (Å²) in [6, 6.07) is 14.3. The number of methoxy groups -OCH3 is 1. The van der Waals surface area contributed by atoms with E-state index in [0.29, 0.717) is 0 Å². The average molecular weight is 299 g/mol. The van der Waals surface area contributed by atoms with Crippen molar-refractivity contribution in [2.24, 2.45) is 0 Å². The topological polar surface area (TPSA) is 30.5 Å². The van der Waals surface area contributed by atoms with Gasteiger partial charge in [-0.15, -0.1) is 0 Å². The van der Waals surface area contributed by atoms with E-state index in [1.165, 1.54) is 11.1 Å². The zero-order chi connectivity index (χ0) is 15.8. The molecule has 2 rings (SSSR count). The summed E-state index contributed by atoms with van der Waals surface area (Å²) in [6.45, 7) is 5.82. The summed E-state index contributed by atoms with van der Waals surface area (Å²) in [5.74, 6) is 1.87. The molecule has 0 fully saturated rings. The van der Waals surface area contributed by atoms with E-state index in [4.69, 9.17) is 9.47 Å². The van der Waals surface area contributed by atoms with E-state index in [0.717, 1.165) is 43.2 Å². The van der Waals surface area contributed by atoms with Crippen LogP contribution in [0.4, 0.5) is 5.69 Å². The lowest BCUT2D eigenvalue weighted by Crippen LogP contribution is -2.06. The van der Waals surface area contributed by atoms with E-state index in [1.54, 1.807) is 7.11 Å². The molecule has 0 aliphatic rings. The number of aryl methyl sites for hydroxylation is 2. The second kappa shape index (κ2) is 8.32. The molecule has 118 valence electrons. The second-order valence-corrected chi connectivity index (χ2v) is 5.45. The smallest absolute Gasteiger partial charge is 0.141 e. The summed E-state index contributed by atoms with van der Waals surface area (Å²) in [4.78, 5) is 0. The van der Waals surface area contributed by atoms with Gasteiger partial charge in [-0.1, -0.05) is 24.3 Å². The Morgan fingerprint density at radius 2 is 1.77 bits per heavy atom. The Hall–Kier alpha value is -2.16. The van der Waals surface area contributed by atoms with Crippen molar-refractivity contribution in [1.29, 1.82) is 0 Å². The van der Waals surface area contributed by atoms with Gasteiger partial charge in [-0.05, 0) is 56.0 Å². The fourth-order valence-corrected chi connectivity index (χ4v) is 2.31. The van der Waals surface area contributed by atoms with Gasteiger partial charge in [0, 0.05) is 6.54 Å². The van der Waals surface area contributed by atoms with E-state index in [9.17, 15) is 0 Å². The maximum absolute atomic E-state index is 5.80. The van der Waals surface area contributed by atoms with Crippen molar-refractivity contribution >= 4 is 5.69 Å². The lowest BCUT2D eigenvalue weighted by atomic mass is 10.2. The molecule has 2 aromatic carbocycles. The molecular formula is C19H25NO2. The first kappa shape index (κ1) is 16.2. The van der Waals surface area contributed by atoms with E-state index in [2.05, 4.69) is 37.4 Å². The molecule has 0 saturated carbocycles. The number of unbranched alkanes of at least 4 members (excludes halogenated alkanes) is 1. The monoisotopic (exact) mass is 299 g/mol. The molecule has 0 unspecified atom stereocenters. The maximum Gasteiger partial charge on any atom is 0.141 e. The van der Waals surface area contributed by atoms with Gasteiger partial charge in [-0.25, -0.2) is 0 Å². The van der Waals surface area contributed by atoms with Gasteiger partial charge >= 0.3 is 0 Å². The summed E-state index contributed by atoms with van der Waals surface area (Å²) < 4.78 is 11.2. The second-order valence-electron chi connectivity index (χ2n) is 5.45. The van der Waals surface area contributed by atoms with E-state index < -0.39 is 0 Å². The molecule has 3 heteroatoms. The summed E-state index contributed by atoms with van der Waals surface area (Å²) in [7, 11) is 1.70. The van der Waals surface area contributed by atoms with Gasteiger partial charge < -0.3 is 14.8 Å². The van der Waals surface area contributed by atoms with Crippen LogP contribution in [0.15, 0.2) is 42.5 Å². The predicted molar refractivity (Wildman–Crippen MR) is 92.1 cm³/mol. The molecule has 0 aliphatic heterocycles. The van der Waals surface area contributed by atoms with Crippen LogP contribution in [0.3, 0.4) is 0 Å². The maximum atomic E-state index is 5.80. The van der Waals surface area contributed by atoms with Crippen LogP contribution in [0.1, 0.15) is 24.0 Å². The Kier molecular flexibility index (Phi) is 6.13. The van der Waals surface area contributed by atoms with Gasteiger partial charge in [0.15, 0.2) is 0 Å². The molecular weight excluding hydrogens is 274 g/mol. The van der Waals surface area contributed by atoms with Crippen LogP contribution in [0.5, 0.6) is 11.5 Å². The highest BCUT2D eigenvalue weighted by molar-refractivity contribution is 5.57. The SMILES string of the molecule is COc1ccc(C)cc1NCCCCOc1ccccc1C.